The molecule has 0 fully saturated rings. The van der Waals surface area contributed by atoms with Crippen molar-refractivity contribution in [2.75, 3.05) is 0 Å². The van der Waals surface area contributed by atoms with Gasteiger partial charge in [-0.15, -0.1) is 0 Å². The van der Waals surface area contributed by atoms with E-state index >= 15 is 0 Å². The topological polar surface area (TPSA) is 46.6 Å². The second-order valence-electron chi connectivity index (χ2n) is 6.78. The summed E-state index contributed by atoms with van der Waals surface area (Å²) in [6.45, 7) is 4.84. The van der Waals surface area contributed by atoms with Crippen LogP contribution in [0.15, 0.2) is 75.8 Å². The SMILES string of the molecule is Cc1ccc(CN(Cc2ccco2)C(=O)c2oc3ccccc3c2C)cc1. The van der Waals surface area contributed by atoms with Crippen molar-refractivity contribution < 1.29 is 13.6 Å². The molecular formula is C23H21NO3. The number of amides is 1. The van der Waals surface area contributed by atoms with Gasteiger partial charge in [-0.25, -0.2) is 0 Å². The van der Waals surface area contributed by atoms with Gasteiger partial charge in [0.1, 0.15) is 11.3 Å². The smallest absolute Gasteiger partial charge is 0.290 e. The molecule has 2 aromatic heterocycles. The number of nitrogens with zero attached hydrogens (tertiary/aromatic N) is 1. The number of carbonyl (C=O) groups excluding carboxylic acids is 1. The second kappa shape index (κ2) is 7.16. The average molecular weight is 359 g/mol. The van der Waals surface area contributed by atoms with Gasteiger partial charge in [0.2, 0.25) is 0 Å². The lowest BCUT2D eigenvalue weighted by Crippen LogP contribution is -2.30. The second-order valence-corrected chi connectivity index (χ2v) is 6.78. The summed E-state index contributed by atoms with van der Waals surface area (Å²) in [5.41, 5.74) is 3.85. The molecule has 0 bridgehead atoms. The van der Waals surface area contributed by atoms with Crippen LogP contribution in [0.4, 0.5) is 0 Å². The fourth-order valence-corrected chi connectivity index (χ4v) is 3.23. The lowest BCUT2D eigenvalue weighted by atomic mass is 10.1. The molecule has 0 radical (unpaired) electrons. The number of para-hydroxylation sites is 1. The minimum absolute atomic E-state index is 0.138. The van der Waals surface area contributed by atoms with Gasteiger partial charge in [0, 0.05) is 17.5 Å². The summed E-state index contributed by atoms with van der Waals surface area (Å²) in [6.07, 6.45) is 1.62. The molecule has 0 aliphatic rings. The van der Waals surface area contributed by atoms with Crippen LogP contribution in [0.5, 0.6) is 0 Å². The van der Waals surface area contributed by atoms with Gasteiger partial charge in [-0.05, 0) is 37.6 Å². The Bertz CT molecular complexity index is 1060. The molecule has 4 nitrogen and oxygen atoms in total. The molecular weight excluding hydrogens is 338 g/mol. The van der Waals surface area contributed by atoms with Crippen LogP contribution in [-0.2, 0) is 13.1 Å². The van der Waals surface area contributed by atoms with Gasteiger partial charge in [-0.3, -0.25) is 4.79 Å². The van der Waals surface area contributed by atoms with E-state index in [4.69, 9.17) is 8.83 Å². The molecule has 0 saturated heterocycles. The van der Waals surface area contributed by atoms with Gasteiger partial charge in [0.25, 0.3) is 5.91 Å². The monoisotopic (exact) mass is 359 g/mol. The van der Waals surface area contributed by atoms with Gasteiger partial charge in [0.05, 0.1) is 12.8 Å². The Morgan fingerprint density at radius 3 is 2.41 bits per heavy atom. The molecule has 0 atom stereocenters. The number of fused-ring (bicyclic) bond motifs is 1. The van der Waals surface area contributed by atoms with Gasteiger partial charge in [0.15, 0.2) is 5.76 Å². The number of benzene rings is 2. The molecule has 2 heterocycles. The highest BCUT2D eigenvalue weighted by molar-refractivity contribution is 5.98. The van der Waals surface area contributed by atoms with Crippen molar-refractivity contribution in [1.82, 2.24) is 4.90 Å². The summed E-state index contributed by atoms with van der Waals surface area (Å²) in [7, 11) is 0. The lowest BCUT2D eigenvalue weighted by Gasteiger charge is -2.21. The van der Waals surface area contributed by atoms with E-state index in [0.717, 1.165) is 27.9 Å². The Morgan fingerprint density at radius 1 is 0.926 bits per heavy atom. The first-order chi connectivity index (χ1) is 13.1. The van der Waals surface area contributed by atoms with E-state index in [1.54, 1.807) is 11.2 Å². The molecule has 4 heteroatoms. The number of furan rings is 2. The fourth-order valence-electron chi connectivity index (χ4n) is 3.23. The molecule has 0 spiro atoms. The van der Waals surface area contributed by atoms with Crippen molar-refractivity contribution in [2.45, 2.75) is 26.9 Å². The third-order valence-electron chi connectivity index (χ3n) is 4.75. The van der Waals surface area contributed by atoms with Crippen LogP contribution < -0.4 is 0 Å². The molecule has 4 rings (SSSR count). The van der Waals surface area contributed by atoms with E-state index < -0.39 is 0 Å². The van der Waals surface area contributed by atoms with Crippen LogP contribution in [0.3, 0.4) is 0 Å². The predicted molar refractivity (Wildman–Crippen MR) is 104 cm³/mol. The summed E-state index contributed by atoms with van der Waals surface area (Å²) in [5, 5.41) is 0.967. The zero-order chi connectivity index (χ0) is 18.8. The standard InChI is InChI=1S/C23H21NO3/c1-16-9-11-18(12-10-16)14-24(15-19-6-5-13-26-19)23(25)22-17(2)20-7-3-4-8-21(20)27-22/h3-13H,14-15H2,1-2H3. The number of hydrogen-bond donors (Lipinski definition) is 0. The maximum Gasteiger partial charge on any atom is 0.290 e. The number of rotatable bonds is 5. The molecule has 0 unspecified atom stereocenters. The molecule has 4 aromatic rings. The summed E-state index contributed by atoms with van der Waals surface area (Å²) in [4.78, 5) is 15.1. The Morgan fingerprint density at radius 2 is 1.70 bits per heavy atom. The van der Waals surface area contributed by atoms with Gasteiger partial charge in [-0.1, -0.05) is 48.0 Å². The number of hydrogen-bond acceptors (Lipinski definition) is 3. The molecule has 2 aromatic carbocycles. The molecule has 27 heavy (non-hydrogen) atoms. The average Bonchev–Trinajstić information content (AvgIpc) is 3.31. The first-order valence-corrected chi connectivity index (χ1v) is 8.97. The third kappa shape index (κ3) is 3.51. The minimum atomic E-state index is -0.138. The molecule has 0 saturated carbocycles. The van der Waals surface area contributed by atoms with E-state index in [-0.39, 0.29) is 5.91 Å². The Labute approximate surface area is 158 Å². The van der Waals surface area contributed by atoms with Crippen LogP contribution in [-0.4, -0.2) is 10.8 Å². The van der Waals surface area contributed by atoms with E-state index in [2.05, 4.69) is 12.1 Å². The number of aryl methyl sites for hydroxylation is 2. The minimum Gasteiger partial charge on any atom is -0.467 e. The molecule has 0 N–H and O–H groups in total. The largest absolute Gasteiger partial charge is 0.467 e. The number of carbonyl (C=O) groups is 1. The van der Waals surface area contributed by atoms with Gasteiger partial charge >= 0.3 is 0 Å². The van der Waals surface area contributed by atoms with Crippen LogP contribution in [0.2, 0.25) is 0 Å². The third-order valence-corrected chi connectivity index (χ3v) is 4.75. The Balaban J connectivity index is 1.68. The van der Waals surface area contributed by atoms with E-state index in [9.17, 15) is 4.79 Å². The Kier molecular flexibility index (Phi) is 4.55. The maximum absolute atomic E-state index is 13.3. The maximum atomic E-state index is 13.3. The van der Waals surface area contributed by atoms with Crippen LogP contribution in [0, 0.1) is 13.8 Å². The highest BCUT2D eigenvalue weighted by atomic mass is 16.3. The highest BCUT2D eigenvalue weighted by Crippen LogP contribution is 2.27. The molecule has 0 aliphatic carbocycles. The van der Waals surface area contributed by atoms with E-state index in [1.807, 2.05) is 62.4 Å². The fraction of sp³-hybridized carbons (Fsp3) is 0.174. The van der Waals surface area contributed by atoms with E-state index in [1.165, 1.54) is 5.56 Å². The zero-order valence-corrected chi connectivity index (χ0v) is 15.4. The van der Waals surface area contributed by atoms with Crippen molar-refractivity contribution in [2.24, 2.45) is 0 Å². The van der Waals surface area contributed by atoms with Crippen molar-refractivity contribution >= 4 is 16.9 Å². The van der Waals surface area contributed by atoms with Crippen LogP contribution in [0.25, 0.3) is 11.0 Å². The van der Waals surface area contributed by atoms with Crippen LogP contribution >= 0.6 is 0 Å². The van der Waals surface area contributed by atoms with E-state index in [0.29, 0.717) is 18.8 Å². The Hall–Kier alpha value is -3.27. The molecule has 136 valence electrons. The summed E-state index contributed by atoms with van der Waals surface area (Å²) in [6, 6.07) is 19.6. The first-order valence-electron chi connectivity index (χ1n) is 8.97. The summed E-state index contributed by atoms with van der Waals surface area (Å²) in [5.74, 6) is 0.986. The zero-order valence-electron chi connectivity index (χ0n) is 15.4. The highest BCUT2D eigenvalue weighted by Gasteiger charge is 2.24. The van der Waals surface area contributed by atoms with Gasteiger partial charge in [-0.2, -0.15) is 0 Å². The van der Waals surface area contributed by atoms with Crippen LogP contribution in [0.1, 0.15) is 33.0 Å². The predicted octanol–water partition coefficient (Wildman–Crippen LogP) is 5.49. The van der Waals surface area contributed by atoms with Gasteiger partial charge < -0.3 is 13.7 Å². The molecule has 0 aliphatic heterocycles. The summed E-state index contributed by atoms with van der Waals surface area (Å²) >= 11 is 0. The van der Waals surface area contributed by atoms with Crippen molar-refractivity contribution in [3.05, 3.63) is 95.1 Å². The first kappa shape index (κ1) is 17.2. The summed E-state index contributed by atoms with van der Waals surface area (Å²) < 4.78 is 11.4. The van der Waals surface area contributed by atoms with Crippen molar-refractivity contribution in [3.63, 3.8) is 0 Å². The normalized spacial score (nSPS) is 11.0. The molecule has 1 amide bonds. The van der Waals surface area contributed by atoms with Crippen molar-refractivity contribution in [3.8, 4) is 0 Å². The van der Waals surface area contributed by atoms with Crippen molar-refractivity contribution in [1.29, 1.82) is 0 Å². The quantitative estimate of drug-likeness (QED) is 0.474. The lowest BCUT2D eigenvalue weighted by molar-refractivity contribution is 0.0686.